The first-order valence-electron chi connectivity index (χ1n) is 6.68. The van der Waals surface area contributed by atoms with Crippen molar-refractivity contribution in [2.45, 2.75) is 20.0 Å². The van der Waals surface area contributed by atoms with Gasteiger partial charge in [-0.25, -0.2) is 0 Å². The van der Waals surface area contributed by atoms with Crippen LogP contribution in [0.5, 0.6) is 0 Å². The summed E-state index contributed by atoms with van der Waals surface area (Å²) in [5.41, 5.74) is 4.72. The first-order chi connectivity index (χ1) is 9.29. The van der Waals surface area contributed by atoms with Crippen molar-refractivity contribution >= 4 is 5.57 Å². The summed E-state index contributed by atoms with van der Waals surface area (Å²) >= 11 is 0. The topological polar surface area (TPSA) is 9.23 Å². The van der Waals surface area contributed by atoms with Crippen LogP contribution in [0, 0.1) is 0 Å². The van der Waals surface area contributed by atoms with E-state index >= 15 is 0 Å². The van der Waals surface area contributed by atoms with Gasteiger partial charge in [0, 0.05) is 0 Å². The lowest BCUT2D eigenvalue weighted by Crippen LogP contribution is -1.97. The molecule has 2 aromatic rings. The predicted octanol–water partition coefficient (Wildman–Crippen LogP) is 4.48. The lowest BCUT2D eigenvalue weighted by molar-refractivity contribution is 0.153. The molecule has 19 heavy (non-hydrogen) atoms. The summed E-state index contributed by atoms with van der Waals surface area (Å²) in [5.74, 6) is 0. The summed E-state index contributed by atoms with van der Waals surface area (Å²) in [6, 6.07) is 18.7. The maximum Gasteiger partial charge on any atom is 0.0721 e. The second-order valence-corrected chi connectivity index (χ2v) is 4.63. The average Bonchev–Trinajstić information content (AvgIpc) is 2.48. The molecule has 1 nitrogen and oxygen atoms in total. The Hall–Kier alpha value is -1.86. The van der Waals surface area contributed by atoms with Gasteiger partial charge in [0.25, 0.3) is 0 Å². The fraction of sp³-hybridized carbons (Fsp3) is 0.222. The zero-order valence-corrected chi connectivity index (χ0v) is 11.4. The van der Waals surface area contributed by atoms with Crippen LogP contribution in [0.3, 0.4) is 0 Å². The molecule has 0 atom stereocenters. The van der Waals surface area contributed by atoms with E-state index < -0.39 is 0 Å². The molecule has 0 aliphatic heterocycles. The van der Waals surface area contributed by atoms with Gasteiger partial charge in [0.05, 0.1) is 13.2 Å². The molecule has 0 aliphatic carbocycles. The molecule has 0 unspecified atom stereocenters. The molecular formula is C18H20O. The molecule has 0 fully saturated rings. The Morgan fingerprint density at radius 3 is 2.26 bits per heavy atom. The first kappa shape index (κ1) is 13.6. The summed E-state index contributed by atoms with van der Waals surface area (Å²) in [6.07, 6.45) is 1.07. The number of benzene rings is 2. The predicted molar refractivity (Wildman–Crippen MR) is 81.0 cm³/mol. The van der Waals surface area contributed by atoms with E-state index in [1.165, 1.54) is 11.1 Å². The Kier molecular flexibility index (Phi) is 4.93. The molecule has 0 bridgehead atoms. The monoisotopic (exact) mass is 252 g/mol. The Morgan fingerprint density at radius 2 is 1.63 bits per heavy atom. The maximum atomic E-state index is 5.69. The minimum atomic E-state index is 0.570. The van der Waals surface area contributed by atoms with Crippen LogP contribution in [0.1, 0.15) is 23.6 Å². The van der Waals surface area contributed by atoms with Crippen molar-refractivity contribution in [1.82, 2.24) is 0 Å². The van der Waals surface area contributed by atoms with E-state index in [4.69, 9.17) is 4.74 Å². The molecule has 0 heterocycles. The molecule has 2 aromatic carbocycles. The molecule has 0 N–H and O–H groups in total. The van der Waals surface area contributed by atoms with Gasteiger partial charge in [0.2, 0.25) is 0 Å². The van der Waals surface area contributed by atoms with Crippen molar-refractivity contribution in [3.05, 3.63) is 77.9 Å². The molecule has 0 amide bonds. The van der Waals surface area contributed by atoms with Crippen molar-refractivity contribution in [2.24, 2.45) is 0 Å². The standard InChI is InChI=1S/C18H20O/c1-3-16-9-11-18(12-10-16)15(2)13-19-14-17-7-5-4-6-8-17/h4-12H,2-3,13-14H2,1H3. The van der Waals surface area contributed by atoms with Crippen LogP contribution in [0.2, 0.25) is 0 Å². The molecule has 0 aliphatic rings. The Bertz CT molecular complexity index is 511. The summed E-state index contributed by atoms with van der Waals surface area (Å²) in [7, 11) is 0. The van der Waals surface area contributed by atoms with Crippen LogP contribution in [-0.2, 0) is 17.8 Å². The fourth-order valence-corrected chi connectivity index (χ4v) is 1.93. The smallest absolute Gasteiger partial charge is 0.0721 e. The SMILES string of the molecule is C=C(COCc1ccccc1)c1ccc(CC)cc1. The van der Waals surface area contributed by atoms with Crippen molar-refractivity contribution in [3.63, 3.8) is 0 Å². The minimum Gasteiger partial charge on any atom is -0.372 e. The Balaban J connectivity index is 1.84. The van der Waals surface area contributed by atoms with Gasteiger partial charge in [-0.1, -0.05) is 68.1 Å². The third kappa shape index (κ3) is 4.08. The summed E-state index contributed by atoms with van der Waals surface area (Å²) in [4.78, 5) is 0. The molecule has 0 aromatic heterocycles. The van der Waals surface area contributed by atoms with E-state index in [9.17, 15) is 0 Å². The summed E-state index contributed by atoms with van der Waals surface area (Å²) in [6.45, 7) is 7.45. The normalized spacial score (nSPS) is 10.4. The molecule has 0 spiro atoms. The Morgan fingerprint density at radius 1 is 0.947 bits per heavy atom. The van der Waals surface area contributed by atoms with E-state index in [1.54, 1.807) is 0 Å². The number of ether oxygens (including phenoxy) is 1. The van der Waals surface area contributed by atoms with Gasteiger partial charge >= 0.3 is 0 Å². The lowest BCUT2D eigenvalue weighted by atomic mass is 10.1. The number of rotatable bonds is 6. The average molecular weight is 252 g/mol. The molecule has 2 rings (SSSR count). The third-order valence-electron chi connectivity index (χ3n) is 3.16. The van der Waals surface area contributed by atoms with Crippen LogP contribution in [0.25, 0.3) is 5.57 Å². The van der Waals surface area contributed by atoms with Gasteiger partial charge < -0.3 is 4.74 Å². The second-order valence-electron chi connectivity index (χ2n) is 4.63. The summed E-state index contributed by atoms with van der Waals surface area (Å²) < 4.78 is 5.69. The van der Waals surface area contributed by atoms with Crippen molar-refractivity contribution in [1.29, 1.82) is 0 Å². The molecule has 0 radical (unpaired) electrons. The van der Waals surface area contributed by atoms with Crippen LogP contribution in [0.15, 0.2) is 61.2 Å². The van der Waals surface area contributed by atoms with Crippen LogP contribution < -0.4 is 0 Å². The molecule has 1 heteroatoms. The van der Waals surface area contributed by atoms with Gasteiger partial charge in [-0.3, -0.25) is 0 Å². The maximum absolute atomic E-state index is 5.69. The van der Waals surface area contributed by atoms with Gasteiger partial charge in [-0.2, -0.15) is 0 Å². The highest BCUT2D eigenvalue weighted by atomic mass is 16.5. The highest BCUT2D eigenvalue weighted by molar-refractivity contribution is 5.64. The largest absolute Gasteiger partial charge is 0.372 e. The van der Waals surface area contributed by atoms with E-state index in [-0.39, 0.29) is 0 Å². The zero-order valence-electron chi connectivity index (χ0n) is 11.4. The van der Waals surface area contributed by atoms with Gasteiger partial charge in [-0.05, 0) is 28.7 Å². The van der Waals surface area contributed by atoms with Crippen molar-refractivity contribution in [2.75, 3.05) is 6.61 Å². The molecular weight excluding hydrogens is 232 g/mol. The van der Waals surface area contributed by atoms with E-state index in [0.29, 0.717) is 13.2 Å². The second kappa shape index (κ2) is 6.91. The summed E-state index contributed by atoms with van der Waals surface area (Å²) in [5, 5.41) is 0. The molecule has 0 saturated carbocycles. The highest BCUT2D eigenvalue weighted by Crippen LogP contribution is 2.15. The van der Waals surface area contributed by atoms with Crippen LogP contribution in [-0.4, -0.2) is 6.61 Å². The Labute approximate surface area is 115 Å². The van der Waals surface area contributed by atoms with Crippen LogP contribution in [0.4, 0.5) is 0 Å². The van der Waals surface area contributed by atoms with E-state index in [0.717, 1.165) is 17.6 Å². The van der Waals surface area contributed by atoms with Gasteiger partial charge in [0.1, 0.15) is 0 Å². The van der Waals surface area contributed by atoms with Crippen LogP contribution >= 0.6 is 0 Å². The van der Waals surface area contributed by atoms with Crippen molar-refractivity contribution < 1.29 is 4.74 Å². The number of aryl methyl sites for hydroxylation is 1. The lowest BCUT2D eigenvalue weighted by Gasteiger charge is -2.08. The van der Waals surface area contributed by atoms with E-state index in [1.807, 2.05) is 18.2 Å². The zero-order chi connectivity index (χ0) is 13.5. The molecule has 0 saturated heterocycles. The minimum absolute atomic E-state index is 0.570. The van der Waals surface area contributed by atoms with Gasteiger partial charge in [0.15, 0.2) is 0 Å². The quantitative estimate of drug-likeness (QED) is 0.736. The highest BCUT2D eigenvalue weighted by Gasteiger charge is 2.00. The fourth-order valence-electron chi connectivity index (χ4n) is 1.93. The third-order valence-corrected chi connectivity index (χ3v) is 3.16. The van der Waals surface area contributed by atoms with Gasteiger partial charge in [-0.15, -0.1) is 0 Å². The number of hydrogen-bond acceptors (Lipinski definition) is 1. The van der Waals surface area contributed by atoms with E-state index in [2.05, 4.69) is 49.9 Å². The van der Waals surface area contributed by atoms with Crippen molar-refractivity contribution in [3.8, 4) is 0 Å². The first-order valence-corrected chi connectivity index (χ1v) is 6.68. The number of hydrogen-bond donors (Lipinski definition) is 0. The molecule has 98 valence electrons.